The third-order valence-electron chi connectivity index (χ3n) is 3.48. The van der Waals surface area contributed by atoms with E-state index in [1.807, 2.05) is 12.1 Å². The van der Waals surface area contributed by atoms with Crippen molar-refractivity contribution in [1.82, 2.24) is 5.32 Å². The van der Waals surface area contributed by atoms with E-state index in [2.05, 4.69) is 45.1 Å². The van der Waals surface area contributed by atoms with E-state index in [9.17, 15) is 4.21 Å². The van der Waals surface area contributed by atoms with Crippen molar-refractivity contribution < 1.29 is 4.21 Å². The predicted octanol–water partition coefficient (Wildman–Crippen LogP) is 3.24. The van der Waals surface area contributed by atoms with Crippen molar-refractivity contribution in [1.29, 1.82) is 0 Å². The maximum atomic E-state index is 11.4. The SMILES string of the molecule is CC(C)NCC(Cc1ccc(S(C)=O)cc1)C(C)C. The lowest BCUT2D eigenvalue weighted by Gasteiger charge is -2.23. The zero-order chi connectivity index (χ0) is 14.4. The lowest BCUT2D eigenvalue weighted by atomic mass is 9.89. The lowest BCUT2D eigenvalue weighted by molar-refractivity contribution is 0.349. The quantitative estimate of drug-likeness (QED) is 0.831. The minimum Gasteiger partial charge on any atom is -0.314 e. The Bertz CT molecular complexity index is 398. The normalized spacial score (nSPS) is 14.9. The van der Waals surface area contributed by atoms with Gasteiger partial charge in [-0.15, -0.1) is 0 Å². The summed E-state index contributed by atoms with van der Waals surface area (Å²) >= 11 is 0. The summed E-state index contributed by atoms with van der Waals surface area (Å²) < 4.78 is 11.4. The summed E-state index contributed by atoms with van der Waals surface area (Å²) in [6.07, 6.45) is 2.80. The van der Waals surface area contributed by atoms with Gasteiger partial charge in [0.1, 0.15) is 0 Å². The molecule has 1 rings (SSSR count). The first-order chi connectivity index (χ1) is 8.90. The molecular weight excluding hydrogens is 254 g/mol. The highest BCUT2D eigenvalue weighted by molar-refractivity contribution is 7.84. The van der Waals surface area contributed by atoms with Gasteiger partial charge in [0.25, 0.3) is 0 Å². The minimum absolute atomic E-state index is 0.533. The van der Waals surface area contributed by atoms with Gasteiger partial charge in [-0.2, -0.15) is 0 Å². The second-order valence-electron chi connectivity index (χ2n) is 5.87. The molecule has 0 bridgehead atoms. The van der Waals surface area contributed by atoms with Crippen LogP contribution in [0.5, 0.6) is 0 Å². The van der Waals surface area contributed by atoms with Crippen LogP contribution in [0.3, 0.4) is 0 Å². The Morgan fingerprint density at radius 2 is 1.68 bits per heavy atom. The highest BCUT2D eigenvalue weighted by Gasteiger charge is 2.14. The number of hydrogen-bond donors (Lipinski definition) is 1. The van der Waals surface area contributed by atoms with Crippen LogP contribution in [0, 0.1) is 11.8 Å². The smallest absolute Gasteiger partial charge is 0.0498 e. The van der Waals surface area contributed by atoms with E-state index in [4.69, 9.17) is 0 Å². The van der Waals surface area contributed by atoms with E-state index in [1.54, 1.807) is 6.26 Å². The molecule has 0 amide bonds. The average molecular weight is 281 g/mol. The molecule has 0 aromatic heterocycles. The van der Waals surface area contributed by atoms with Gasteiger partial charge >= 0.3 is 0 Å². The van der Waals surface area contributed by atoms with Crippen molar-refractivity contribution in [3.8, 4) is 0 Å². The highest BCUT2D eigenvalue weighted by Crippen LogP contribution is 2.18. The Hall–Kier alpha value is -0.670. The first kappa shape index (κ1) is 16.4. The molecule has 0 saturated carbocycles. The second kappa shape index (κ2) is 7.81. The Kier molecular flexibility index (Phi) is 6.73. The van der Waals surface area contributed by atoms with Crippen molar-refractivity contribution in [3.63, 3.8) is 0 Å². The summed E-state index contributed by atoms with van der Waals surface area (Å²) in [5.41, 5.74) is 1.33. The van der Waals surface area contributed by atoms with Crippen molar-refractivity contribution in [2.24, 2.45) is 11.8 Å². The summed E-state index contributed by atoms with van der Waals surface area (Å²) in [5, 5.41) is 3.53. The molecule has 19 heavy (non-hydrogen) atoms. The van der Waals surface area contributed by atoms with Gasteiger partial charge in [0.2, 0.25) is 0 Å². The number of nitrogens with one attached hydrogen (secondary N) is 1. The zero-order valence-corrected chi connectivity index (χ0v) is 13.6. The fourth-order valence-corrected chi connectivity index (χ4v) is 2.57. The number of rotatable bonds is 7. The van der Waals surface area contributed by atoms with E-state index < -0.39 is 10.8 Å². The second-order valence-corrected chi connectivity index (χ2v) is 7.25. The first-order valence-electron chi connectivity index (χ1n) is 7.06. The van der Waals surface area contributed by atoms with E-state index in [-0.39, 0.29) is 0 Å². The molecule has 2 nitrogen and oxygen atoms in total. The molecule has 2 atom stereocenters. The summed E-state index contributed by atoms with van der Waals surface area (Å²) in [4.78, 5) is 0.908. The summed E-state index contributed by atoms with van der Waals surface area (Å²) in [6.45, 7) is 9.98. The number of hydrogen-bond acceptors (Lipinski definition) is 2. The van der Waals surface area contributed by atoms with Gasteiger partial charge in [0.05, 0.1) is 0 Å². The maximum Gasteiger partial charge on any atom is 0.0498 e. The third-order valence-corrected chi connectivity index (χ3v) is 4.42. The largest absolute Gasteiger partial charge is 0.314 e. The van der Waals surface area contributed by atoms with Crippen LogP contribution in [0.4, 0.5) is 0 Å². The van der Waals surface area contributed by atoms with Crippen LogP contribution in [0.1, 0.15) is 33.3 Å². The first-order valence-corrected chi connectivity index (χ1v) is 8.61. The fraction of sp³-hybridized carbons (Fsp3) is 0.625. The Balaban J connectivity index is 2.65. The highest BCUT2D eigenvalue weighted by atomic mass is 32.2. The fourth-order valence-electron chi connectivity index (χ4n) is 2.05. The number of benzene rings is 1. The van der Waals surface area contributed by atoms with Gasteiger partial charge in [-0.05, 0) is 42.5 Å². The summed E-state index contributed by atoms with van der Waals surface area (Å²) in [6, 6.07) is 8.73. The van der Waals surface area contributed by atoms with E-state index in [0.717, 1.165) is 17.9 Å². The summed E-state index contributed by atoms with van der Waals surface area (Å²) in [7, 11) is -0.881. The standard InChI is InChI=1S/C16H27NOS/c1-12(2)15(11-17-13(3)4)10-14-6-8-16(9-7-14)19(5)18/h6-9,12-13,15,17H,10-11H2,1-5H3. The Morgan fingerprint density at radius 3 is 2.11 bits per heavy atom. The van der Waals surface area contributed by atoms with Gasteiger partial charge in [0.15, 0.2) is 0 Å². The Morgan fingerprint density at radius 1 is 1.11 bits per heavy atom. The van der Waals surface area contributed by atoms with Gasteiger partial charge in [-0.25, -0.2) is 0 Å². The summed E-state index contributed by atoms with van der Waals surface area (Å²) in [5.74, 6) is 1.30. The topological polar surface area (TPSA) is 29.1 Å². The molecule has 0 radical (unpaired) electrons. The van der Waals surface area contributed by atoms with Gasteiger partial charge in [0, 0.05) is 28.0 Å². The molecule has 1 aromatic rings. The molecule has 0 aliphatic carbocycles. The zero-order valence-electron chi connectivity index (χ0n) is 12.8. The maximum absolute atomic E-state index is 11.4. The van der Waals surface area contributed by atoms with Crippen LogP contribution in [0.25, 0.3) is 0 Å². The molecule has 0 saturated heterocycles. The van der Waals surface area contributed by atoms with Crippen molar-refractivity contribution in [3.05, 3.63) is 29.8 Å². The monoisotopic (exact) mass is 281 g/mol. The molecule has 0 fully saturated rings. The molecule has 1 aromatic carbocycles. The molecule has 3 heteroatoms. The molecular formula is C16H27NOS. The van der Waals surface area contributed by atoms with Gasteiger partial charge in [-0.1, -0.05) is 39.8 Å². The van der Waals surface area contributed by atoms with Crippen LogP contribution in [-0.4, -0.2) is 23.1 Å². The van der Waals surface area contributed by atoms with E-state index in [1.165, 1.54) is 5.56 Å². The molecule has 108 valence electrons. The Labute approximate surface area is 120 Å². The minimum atomic E-state index is -0.881. The van der Waals surface area contributed by atoms with Crippen molar-refractivity contribution in [2.75, 3.05) is 12.8 Å². The van der Waals surface area contributed by atoms with E-state index >= 15 is 0 Å². The van der Waals surface area contributed by atoms with Crippen LogP contribution < -0.4 is 5.32 Å². The van der Waals surface area contributed by atoms with E-state index in [0.29, 0.717) is 17.9 Å². The molecule has 1 N–H and O–H groups in total. The average Bonchev–Trinajstić information content (AvgIpc) is 2.34. The lowest BCUT2D eigenvalue weighted by Crippen LogP contribution is -2.32. The van der Waals surface area contributed by atoms with Crippen LogP contribution >= 0.6 is 0 Å². The molecule has 2 unspecified atom stereocenters. The van der Waals surface area contributed by atoms with Gasteiger partial charge in [-0.3, -0.25) is 4.21 Å². The van der Waals surface area contributed by atoms with Crippen LogP contribution in [0.2, 0.25) is 0 Å². The van der Waals surface area contributed by atoms with Crippen LogP contribution in [0.15, 0.2) is 29.2 Å². The van der Waals surface area contributed by atoms with Crippen LogP contribution in [-0.2, 0) is 17.2 Å². The van der Waals surface area contributed by atoms with Crippen molar-refractivity contribution in [2.45, 2.75) is 45.1 Å². The molecule has 0 aliphatic heterocycles. The third kappa shape index (κ3) is 5.87. The molecule has 0 spiro atoms. The van der Waals surface area contributed by atoms with Crippen molar-refractivity contribution >= 4 is 10.8 Å². The molecule has 0 aliphatic rings. The predicted molar refractivity (Wildman–Crippen MR) is 83.9 cm³/mol. The molecule has 0 heterocycles. The van der Waals surface area contributed by atoms with Gasteiger partial charge < -0.3 is 5.32 Å².